The maximum Gasteiger partial charge on any atom is 0.328 e. The molecular formula is C14H21BO3. The van der Waals surface area contributed by atoms with Crippen LogP contribution < -0.4 is 10.2 Å². The summed E-state index contributed by atoms with van der Waals surface area (Å²) >= 11 is 0. The summed E-state index contributed by atoms with van der Waals surface area (Å²) in [6.07, 6.45) is 1.61. The van der Waals surface area contributed by atoms with Gasteiger partial charge in [0.25, 0.3) is 0 Å². The number of rotatable bonds is 5. The zero-order valence-corrected chi connectivity index (χ0v) is 11.4. The molecule has 0 saturated heterocycles. The van der Waals surface area contributed by atoms with Crippen LogP contribution in [0.3, 0.4) is 0 Å². The molecule has 0 spiro atoms. The number of aliphatic hydroxyl groups is 1. The smallest absolute Gasteiger partial charge is 0.328 e. The van der Waals surface area contributed by atoms with Crippen molar-refractivity contribution in [1.29, 1.82) is 0 Å². The molecule has 4 heteroatoms. The van der Waals surface area contributed by atoms with Gasteiger partial charge in [0.2, 0.25) is 0 Å². The van der Waals surface area contributed by atoms with Gasteiger partial charge in [0.05, 0.1) is 12.2 Å². The number of hydrogen-bond donors (Lipinski definition) is 1. The number of ether oxygens (including phenoxy) is 1. The van der Waals surface area contributed by atoms with E-state index in [1.807, 2.05) is 12.1 Å². The van der Waals surface area contributed by atoms with Gasteiger partial charge in [0, 0.05) is 13.0 Å². The second kappa shape index (κ2) is 5.33. The van der Waals surface area contributed by atoms with Crippen molar-refractivity contribution < 1.29 is 14.5 Å². The van der Waals surface area contributed by atoms with E-state index in [2.05, 4.69) is 26.7 Å². The molecule has 1 unspecified atom stereocenters. The maximum absolute atomic E-state index is 8.81. The summed E-state index contributed by atoms with van der Waals surface area (Å²) < 4.78 is 11.8. The molecule has 0 bridgehead atoms. The Morgan fingerprint density at radius 1 is 1.44 bits per heavy atom. The lowest BCUT2D eigenvalue weighted by molar-refractivity contribution is 0.0966. The largest absolute Gasteiger partial charge is 0.494 e. The van der Waals surface area contributed by atoms with Gasteiger partial charge in [0.15, 0.2) is 0 Å². The van der Waals surface area contributed by atoms with Crippen molar-refractivity contribution in [2.75, 3.05) is 13.2 Å². The van der Waals surface area contributed by atoms with E-state index in [4.69, 9.17) is 14.5 Å². The first kappa shape index (κ1) is 13.4. The molecule has 1 heterocycles. The number of benzene rings is 1. The fourth-order valence-electron chi connectivity index (χ4n) is 2.58. The van der Waals surface area contributed by atoms with Crippen molar-refractivity contribution in [3.05, 3.63) is 23.8 Å². The molecule has 0 radical (unpaired) electrons. The molecule has 1 N–H and O–H groups in total. The van der Waals surface area contributed by atoms with Crippen LogP contribution in [0.1, 0.15) is 32.3 Å². The quantitative estimate of drug-likeness (QED) is 0.639. The molecule has 0 amide bonds. The lowest BCUT2D eigenvalue weighted by Gasteiger charge is -2.24. The standard InChI is InChI=1S/C14H21BO3/c1-4-14(2)11-7-5-8-12(17-10-6-9-16)13(11)15(3)18-14/h5,7-8,16H,4,6,9-10H2,1-3H3. The minimum absolute atomic E-state index is 0.0651. The van der Waals surface area contributed by atoms with E-state index in [1.165, 1.54) is 11.0 Å². The summed E-state index contributed by atoms with van der Waals surface area (Å²) in [6, 6.07) is 6.13. The Hall–Kier alpha value is -0.995. The van der Waals surface area contributed by atoms with Crippen molar-refractivity contribution >= 4 is 12.4 Å². The van der Waals surface area contributed by atoms with Crippen molar-refractivity contribution in [2.24, 2.45) is 0 Å². The molecule has 1 atom stereocenters. The van der Waals surface area contributed by atoms with E-state index in [0.717, 1.165) is 12.2 Å². The first-order chi connectivity index (χ1) is 8.62. The summed E-state index contributed by atoms with van der Waals surface area (Å²) in [4.78, 5) is 0. The maximum atomic E-state index is 8.81. The Kier molecular flexibility index (Phi) is 3.98. The molecule has 0 saturated carbocycles. The highest BCUT2D eigenvalue weighted by atomic mass is 16.5. The molecule has 98 valence electrons. The van der Waals surface area contributed by atoms with Gasteiger partial charge in [-0.25, -0.2) is 0 Å². The van der Waals surface area contributed by atoms with Gasteiger partial charge >= 0.3 is 6.92 Å². The summed E-state index contributed by atoms with van der Waals surface area (Å²) in [5.41, 5.74) is 2.20. The summed E-state index contributed by atoms with van der Waals surface area (Å²) in [5.74, 6) is 0.894. The Balaban J connectivity index is 2.30. The molecule has 1 aromatic carbocycles. The predicted octanol–water partition coefficient (Wildman–Crippen LogP) is 1.93. The summed E-state index contributed by atoms with van der Waals surface area (Å²) in [7, 11) is 0. The minimum Gasteiger partial charge on any atom is -0.494 e. The fraction of sp³-hybridized carbons (Fsp3) is 0.571. The van der Waals surface area contributed by atoms with Crippen LogP contribution in [0.5, 0.6) is 5.75 Å². The van der Waals surface area contributed by atoms with Crippen LogP contribution in [-0.4, -0.2) is 25.2 Å². The second-order valence-corrected chi connectivity index (χ2v) is 4.99. The SMILES string of the molecule is CCC1(C)OB(C)c2c(OCCCO)cccc21. The van der Waals surface area contributed by atoms with Crippen LogP contribution in [0.25, 0.3) is 0 Å². The second-order valence-electron chi connectivity index (χ2n) is 4.99. The predicted molar refractivity (Wildman–Crippen MR) is 73.6 cm³/mol. The lowest BCUT2D eigenvalue weighted by atomic mass is 9.63. The van der Waals surface area contributed by atoms with Crippen molar-refractivity contribution in [1.82, 2.24) is 0 Å². The van der Waals surface area contributed by atoms with Crippen LogP contribution >= 0.6 is 0 Å². The Morgan fingerprint density at radius 3 is 2.89 bits per heavy atom. The molecule has 3 nitrogen and oxygen atoms in total. The highest BCUT2D eigenvalue weighted by Gasteiger charge is 2.41. The Morgan fingerprint density at radius 2 is 2.22 bits per heavy atom. The minimum atomic E-state index is -0.203. The molecule has 1 aliphatic rings. The lowest BCUT2D eigenvalue weighted by Crippen LogP contribution is -2.27. The molecule has 0 aromatic heterocycles. The Bertz CT molecular complexity index is 422. The fourth-order valence-corrected chi connectivity index (χ4v) is 2.58. The molecular weight excluding hydrogens is 227 g/mol. The van der Waals surface area contributed by atoms with Gasteiger partial charge in [-0.3, -0.25) is 0 Å². The number of fused-ring (bicyclic) bond motifs is 1. The normalized spacial score (nSPS) is 22.1. The van der Waals surface area contributed by atoms with Crippen LogP contribution in [-0.2, 0) is 10.3 Å². The summed E-state index contributed by atoms with van der Waals surface area (Å²) in [6.45, 7) is 7.11. The van der Waals surface area contributed by atoms with Crippen LogP contribution in [0, 0.1) is 0 Å². The van der Waals surface area contributed by atoms with E-state index >= 15 is 0 Å². The van der Waals surface area contributed by atoms with Crippen molar-refractivity contribution in [2.45, 2.75) is 39.1 Å². The van der Waals surface area contributed by atoms with Gasteiger partial charge in [-0.05, 0) is 30.4 Å². The number of hydrogen-bond acceptors (Lipinski definition) is 3. The van der Waals surface area contributed by atoms with Gasteiger partial charge in [0.1, 0.15) is 5.75 Å². The first-order valence-corrected chi connectivity index (χ1v) is 6.67. The van der Waals surface area contributed by atoms with Crippen LogP contribution in [0.15, 0.2) is 18.2 Å². The highest BCUT2D eigenvalue weighted by molar-refractivity contribution is 6.68. The molecule has 1 aromatic rings. The molecule has 0 aliphatic carbocycles. The van der Waals surface area contributed by atoms with Crippen molar-refractivity contribution in [3.8, 4) is 5.75 Å². The molecule has 0 fully saturated rings. The Labute approximate surface area is 109 Å². The van der Waals surface area contributed by atoms with Gasteiger partial charge in [-0.2, -0.15) is 0 Å². The zero-order valence-electron chi connectivity index (χ0n) is 11.4. The molecule has 2 rings (SSSR count). The van der Waals surface area contributed by atoms with Gasteiger partial charge < -0.3 is 14.5 Å². The van der Waals surface area contributed by atoms with E-state index in [0.29, 0.717) is 13.0 Å². The monoisotopic (exact) mass is 248 g/mol. The molecule has 1 aliphatic heterocycles. The average molecular weight is 248 g/mol. The van der Waals surface area contributed by atoms with E-state index in [-0.39, 0.29) is 19.1 Å². The summed E-state index contributed by atoms with van der Waals surface area (Å²) in [5, 5.41) is 8.81. The van der Waals surface area contributed by atoms with Gasteiger partial charge in [-0.1, -0.05) is 25.9 Å². The van der Waals surface area contributed by atoms with E-state index < -0.39 is 0 Å². The highest BCUT2D eigenvalue weighted by Crippen LogP contribution is 2.36. The topological polar surface area (TPSA) is 38.7 Å². The van der Waals surface area contributed by atoms with Crippen molar-refractivity contribution in [3.63, 3.8) is 0 Å². The van der Waals surface area contributed by atoms with Gasteiger partial charge in [-0.15, -0.1) is 0 Å². The molecule has 18 heavy (non-hydrogen) atoms. The third kappa shape index (κ3) is 2.27. The number of aliphatic hydroxyl groups excluding tert-OH is 1. The third-order valence-corrected chi connectivity index (χ3v) is 3.71. The average Bonchev–Trinajstić information content (AvgIpc) is 2.64. The van der Waals surface area contributed by atoms with Crippen LogP contribution in [0.2, 0.25) is 6.82 Å². The third-order valence-electron chi connectivity index (χ3n) is 3.71. The van der Waals surface area contributed by atoms with Crippen LogP contribution in [0.4, 0.5) is 0 Å². The first-order valence-electron chi connectivity index (χ1n) is 6.67. The van der Waals surface area contributed by atoms with E-state index in [9.17, 15) is 0 Å². The van der Waals surface area contributed by atoms with E-state index in [1.54, 1.807) is 0 Å². The zero-order chi connectivity index (χ0) is 13.2.